The molecule has 2 N–H and O–H groups in total. The Hall–Kier alpha value is -2.37. The fourth-order valence-corrected chi connectivity index (χ4v) is 2.58. The first-order valence-electron chi connectivity index (χ1n) is 9.00. The maximum absolute atomic E-state index is 12.1. The van der Waals surface area contributed by atoms with Crippen LogP contribution in [0.25, 0.3) is 0 Å². The van der Waals surface area contributed by atoms with Crippen molar-refractivity contribution in [3.63, 3.8) is 0 Å². The van der Waals surface area contributed by atoms with Crippen molar-refractivity contribution < 1.29 is 19.1 Å². The smallest absolute Gasteiger partial charge is 0.325 e. The van der Waals surface area contributed by atoms with E-state index < -0.39 is 5.97 Å². The van der Waals surface area contributed by atoms with E-state index in [2.05, 4.69) is 31.4 Å². The van der Waals surface area contributed by atoms with Gasteiger partial charge in [0.25, 0.3) is 11.8 Å². The van der Waals surface area contributed by atoms with Crippen LogP contribution in [0.15, 0.2) is 24.3 Å². The third-order valence-electron chi connectivity index (χ3n) is 4.49. The Morgan fingerprint density at radius 3 is 2.31 bits per heavy atom. The van der Waals surface area contributed by atoms with Gasteiger partial charge in [0.2, 0.25) is 0 Å². The zero-order chi connectivity index (χ0) is 19.3. The zero-order valence-electron chi connectivity index (χ0n) is 15.9. The number of rotatable bonds is 7. The van der Waals surface area contributed by atoms with Crippen LogP contribution in [-0.4, -0.2) is 37.0 Å². The fraction of sp³-hybridized carbons (Fsp3) is 0.550. The highest BCUT2D eigenvalue weighted by Gasteiger charge is 2.29. The molecule has 1 aliphatic carbocycles. The van der Waals surface area contributed by atoms with Gasteiger partial charge < -0.3 is 15.4 Å². The molecule has 1 aromatic carbocycles. The predicted octanol–water partition coefficient (Wildman–Crippen LogP) is 2.17. The van der Waals surface area contributed by atoms with Crippen LogP contribution in [0.3, 0.4) is 0 Å². The van der Waals surface area contributed by atoms with Crippen molar-refractivity contribution in [1.82, 2.24) is 10.6 Å². The quantitative estimate of drug-likeness (QED) is 0.730. The fourth-order valence-electron chi connectivity index (χ4n) is 2.58. The molecular weight excluding hydrogens is 332 g/mol. The van der Waals surface area contributed by atoms with Crippen molar-refractivity contribution in [3.05, 3.63) is 35.4 Å². The van der Waals surface area contributed by atoms with Gasteiger partial charge >= 0.3 is 5.97 Å². The number of benzene rings is 1. The molecule has 1 atom stereocenters. The Balaban J connectivity index is 1.70. The van der Waals surface area contributed by atoms with Crippen molar-refractivity contribution in [1.29, 1.82) is 0 Å². The number of esters is 1. The van der Waals surface area contributed by atoms with Crippen molar-refractivity contribution in [2.45, 2.75) is 52.0 Å². The number of hydrogen-bond acceptors (Lipinski definition) is 4. The Labute approximate surface area is 154 Å². The van der Waals surface area contributed by atoms with Gasteiger partial charge in [-0.1, -0.05) is 32.9 Å². The van der Waals surface area contributed by atoms with Gasteiger partial charge in [0.1, 0.15) is 6.54 Å². The molecule has 1 saturated carbocycles. The van der Waals surface area contributed by atoms with E-state index in [0.29, 0.717) is 11.5 Å². The number of carbonyl (C=O) groups excluding carboxylic acids is 3. The minimum absolute atomic E-state index is 0.0103. The summed E-state index contributed by atoms with van der Waals surface area (Å²) in [4.78, 5) is 35.4. The summed E-state index contributed by atoms with van der Waals surface area (Å²) in [6.45, 7) is 7.64. The van der Waals surface area contributed by atoms with Crippen LogP contribution in [0.1, 0.15) is 56.5 Å². The summed E-state index contributed by atoms with van der Waals surface area (Å²) in [5, 5.41) is 5.31. The van der Waals surface area contributed by atoms with Crippen LogP contribution in [0.5, 0.6) is 0 Å². The zero-order valence-corrected chi connectivity index (χ0v) is 15.9. The number of hydrogen-bond donors (Lipinski definition) is 2. The van der Waals surface area contributed by atoms with Gasteiger partial charge in [-0.25, -0.2) is 0 Å². The van der Waals surface area contributed by atoms with E-state index >= 15 is 0 Å². The molecule has 0 unspecified atom stereocenters. The van der Waals surface area contributed by atoms with Gasteiger partial charge in [-0.3, -0.25) is 14.4 Å². The minimum Gasteiger partial charge on any atom is -0.454 e. The number of nitrogens with one attached hydrogen (secondary N) is 2. The number of carbonyl (C=O) groups is 3. The van der Waals surface area contributed by atoms with Gasteiger partial charge in [0.15, 0.2) is 6.61 Å². The Morgan fingerprint density at radius 2 is 1.77 bits per heavy atom. The van der Waals surface area contributed by atoms with Crippen LogP contribution >= 0.6 is 0 Å². The predicted molar refractivity (Wildman–Crippen MR) is 98.8 cm³/mol. The molecule has 6 heteroatoms. The van der Waals surface area contributed by atoms with E-state index in [-0.39, 0.29) is 36.4 Å². The van der Waals surface area contributed by atoms with Crippen LogP contribution < -0.4 is 10.6 Å². The van der Waals surface area contributed by atoms with Gasteiger partial charge in [-0.05, 0) is 48.8 Å². The molecule has 6 nitrogen and oxygen atoms in total. The van der Waals surface area contributed by atoms with Crippen molar-refractivity contribution in [2.75, 3.05) is 13.2 Å². The normalized spacial score (nSPS) is 15.1. The summed E-state index contributed by atoms with van der Waals surface area (Å²) in [7, 11) is 0. The summed E-state index contributed by atoms with van der Waals surface area (Å²) < 4.78 is 4.89. The summed E-state index contributed by atoms with van der Waals surface area (Å²) >= 11 is 0. The lowest BCUT2D eigenvalue weighted by Crippen LogP contribution is -2.38. The molecule has 1 aromatic rings. The average molecular weight is 360 g/mol. The van der Waals surface area contributed by atoms with E-state index in [1.807, 2.05) is 19.1 Å². The Morgan fingerprint density at radius 1 is 1.15 bits per heavy atom. The van der Waals surface area contributed by atoms with Gasteiger partial charge in [0, 0.05) is 11.6 Å². The van der Waals surface area contributed by atoms with Gasteiger partial charge in [0.05, 0.1) is 0 Å². The summed E-state index contributed by atoms with van der Waals surface area (Å²) in [6.07, 6.45) is 2.26. The second-order valence-electron chi connectivity index (χ2n) is 7.86. The molecule has 0 saturated heterocycles. The monoisotopic (exact) mass is 360 g/mol. The van der Waals surface area contributed by atoms with E-state index in [1.165, 1.54) is 0 Å². The van der Waals surface area contributed by atoms with Crippen LogP contribution in [0, 0.1) is 5.92 Å². The molecular formula is C20H28N2O4. The maximum Gasteiger partial charge on any atom is 0.325 e. The van der Waals surface area contributed by atoms with Crippen LogP contribution in [-0.2, 0) is 19.7 Å². The van der Waals surface area contributed by atoms with E-state index in [4.69, 9.17) is 4.74 Å². The van der Waals surface area contributed by atoms with E-state index in [0.717, 1.165) is 18.4 Å². The minimum atomic E-state index is -0.640. The Bertz CT molecular complexity index is 657. The molecule has 0 radical (unpaired) electrons. The molecule has 0 aliphatic heterocycles. The lowest BCUT2D eigenvalue weighted by atomic mass is 9.87. The first-order chi connectivity index (χ1) is 12.2. The second-order valence-corrected chi connectivity index (χ2v) is 7.86. The van der Waals surface area contributed by atoms with Crippen molar-refractivity contribution in [2.24, 2.45) is 5.92 Å². The third-order valence-corrected chi connectivity index (χ3v) is 4.49. The third kappa shape index (κ3) is 6.17. The summed E-state index contributed by atoms with van der Waals surface area (Å²) in [5.41, 5.74) is 1.61. The highest BCUT2D eigenvalue weighted by Crippen LogP contribution is 2.32. The van der Waals surface area contributed by atoms with Crippen LogP contribution in [0.2, 0.25) is 0 Å². The van der Waals surface area contributed by atoms with Gasteiger partial charge in [-0.15, -0.1) is 0 Å². The highest BCUT2D eigenvalue weighted by atomic mass is 16.5. The molecule has 2 amide bonds. The van der Waals surface area contributed by atoms with Crippen molar-refractivity contribution in [3.8, 4) is 0 Å². The van der Waals surface area contributed by atoms with Gasteiger partial charge in [-0.2, -0.15) is 0 Å². The number of ether oxygens (including phenoxy) is 1. The van der Waals surface area contributed by atoms with E-state index in [9.17, 15) is 14.4 Å². The standard InChI is InChI=1S/C20H28N2O4/c1-13(14-5-6-14)22-17(23)12-26-18(24)11-21-19(25)15-7-9-16(10-8-15)20(2,3)4/h7-10,13-14H,5-6,11-12H2,1-4H3,(H,21,25)(H,22,23)/t13-/m0/s1. The molecule has 0 spiro atoms. The topological polar surface area (TPSA) is 84.5 Å². The molecule has 1 fully saturated rings. The maximum atomic E-state index is 12.1. The lowest BCUT2D eigenvalue weighted by molar-refractivity contribution is -0.147. The number of amides is 2. The van der Waals surface area contributed by atoms with E-state index in [1.54, 1.807) is 12.1 Å². The Kier molecular flexibility index (Phi) is 6.40. The molecule has 142 valence electrons. The molecule has 0 heterocycles. The second kappa shape index (κ2) is 8.34. The molecule has 2 rings (SSSR count). The lowest BCUT2D eigenvalue weighted by Gasteiger charge is -2.19. The highest BCUT2D eigenvalue weighted by molar-refractivity contribution is 5.96. The molecule has 0 bridgehead atoms. The summed E-state index contributed by atoms with van der Waals surface area (Å²) in [5.74, 6) is -0.770. The SMILES string of the molecule is C[C@H](NC(=O)COC(=O)CNC(=O)c1ccc(C(C)(C)C)cc1)C1CC1. The first-order valence-corrected chi connectivity index (χ1v) is 9.00. The summed E-state index contributed by atoms with van der Waals surface area (Å²) in [6, 6.07) is 7.37. The molecule has 26 heavy (non-hydrogen) atoms. The first kappa shape index (κ1) is 19.9. The molecule has 0 aromatic heterocycles. The largest absolute Gasteiger partial charge is 0.454 e. The van der Waals surface area contributed by atoms with Crippen LogP contribution in [0.4, 0.5) is 0 Å². The molecule has 1 aliphatic rings. The average Bonchev–Trinajstić information content (AvgIpc) is 3.42. The van der Waals surface area contributed by atoms with Crippen molar-refractivity contribution >= 4 is 17.8 Å².